The van der Waals surface area contributed by atoms with E-state index in [1.54, 1.807) is 0 Å². The Labute approximate surface area is 419 Å². The van der Waals surface area contributed by atoms with Crippen molar-refractivity contribution in [2.45, 2.75) is 72.1 Å². The van der Waals surface area contributed by atoms with Crippen LogP contribution in [0.4, 0.5) is 34.1 Å². The molecule has 0 amide bonds. The Balaban J connectivity index is 1.18. The van der Waals surface area contributed by atoms with E-state index in [1.807, 2.05) is 22.7 Å². The summed E-state index contributed by atoms with van der Waals surface area (Å²) in [4.78, 5) is 5.19. The molecule has 9 aromatic rings. The maximum Gasteiger partial charge on any atom is 0.277 e. The average molecular weight is 955 g/mol. The Morgan fingerprint density at radius 2 is 0.857 bits per heavy atom. The van der Waals surface area contributed by atoms with Crippen molar-refractivity contribution in [3.63, 3.8) is 0 Å². The number of hydrogen-bond acceptors (Lipinski definition) is 8. The zero-order valence-electron chi connectivity index (χ0n) is 40.9. The summed E-state index contributed by atoms with van der Waals surface area (Å²) in [6.07, 6.45) is 1.65. The number of aryl methyl sites for hydroxylation is 1. The first-order chi connectivity index (χ1) is 33.9. The van der Waals surface area contributed by atoms with Crippen LogP contribution in [0.1, 0.15) is 71.1 Å². The molecule has 0 spiro atoms. The first-order valence-electron chi connectivity index (χ1n) is 24.8. The van der Waals surface area contributed by atoms with Crippen LogP contribution in [-0.4, -0.2) is 33.1 Å². The molecule has 6 heterocycles. The lowest BCUT2D eigenvalue weighted by Crippen LogP contribution is -2.59. The molecule has 4 aliphatic heterocycles. The molecular formula is C61H55BN2O4S2. The van der Waals surface area contributed by atoms with Crippen LogP contribution in [0.5, 0.6) is 23.0 Å². The van der Waals surface area contributed by atoms with Gasteiger partial charge in [-0.3, -0.25) is 0 Å². The summed E-state index contributed by atoms with van der Waals surface area (Å²) >= 11 is 3.89. The topological polar surface area (TPSA) is 43.4 Å². The van der Waals surface area contributed by atoms with Gasteiger partial charge in [-0.1, -0.05) is 114 Å². The lowest BCUT2D eigenvalue weighted by atomic mass is 9.39. The third-order valence-corrected chi connectivity index (χ3v) is 17.0. The highest BCUT2D eigenvalue weighted by atomic mass is 32.1. The molecule has 7 aromatic carbocycles. The summed E-state index contributed by atoms with van der Waals surface area (Å²) in [7, 11) is 0. The predicted molar refractivity (Wildman–Crippen MR) is 295 cm³/mol. The van der Waals surface area contributed by atoms with E-state index < -0.39 is 0 Å². The molecule has 9 heteroatoms. The highest BCUT2D eigenvalue weighted by molar-refractivity contribution is 7.40. The van der Waals surface area contributed by atoms with E-state index in [0.717, 1.165) is 69.5 Å². The summed E-state index contributed by atoms with van der Waals surface area (Å²) in [5, 5.41) is 2.53. The third-order valence-electron chi connectivity index (χ3n) is 14.5. The molecule has 2 aromatic heterocycles. The smallest absolute Gasteiger partial charge is 0.277 e. The molecule has 0 aliphatic carbocycles. The van der Waals surface area contributed by atoms with Crippen molar-refractivity contribution in [3.05, 3.63) is 150 Å². The quantitative estimate of drug-likeness (QED) is 0.164. The largest absolute Gasteiger partial charge is 0.490 e. The van der Waals surface area contributed by atoms with Gasteiger partial charge in [-0.25, -0.2) is 0 Å². The van der Waals surface area contributed by atoms with Crippen LogP contribution in [0, 0.1) is 6.92 Å². The molecule has 0 unspecified atom stereocenters. The molecule has 348 valence electrons. The van der Waals surface area contributed by atoms with Gasteiger partial charge in [0.1, 0.15) is 0 Å². The number of rotatable bonds is 4. The standard InChI is InChI=1S/C61H55BN2O4S2/c1-36-28-47-55-48(29-36)64(46-35-52-50(66-25-15-27-68-52)33-42(46)38-18-12-9-13-19-38)57-44-31-40(61(5,6)7)21-23-54(44)70-59(57)62(55)58-56(43-30-39(60(2,3)4)20-22-53(43)69-58)63(47)45-34-51-49(65-24-14-26-67-51)32-41(45)37-16-10-8-11-17-37/h8-13,16-23,28-35H,14-15,24-27H2,1-7H3. The fourth-order valence-corrected chi connectivity index (χ4v) is 13.7. The zero-order chi connectivity index (χ0) is 47.6. The third kappa shape index (κ3) is 6.94. The molecule has 0 saturated heterocycles. The second-order valence-electron chi connectivity index (χ2n) is 21.3. The number of nitrogens with zero attached hydrogens (tertiary/aromatic N) is 2. The molecule has 4 aliphatic rings. The summed E-state index contributed by atoms with van der Waals surface area (Å²) in [6, 6.07) is 49.8. The molecule has 0 radical (unpaired) electrons. The minimum atomic E-state index is -0.0531. The van der Waals surface area contributed by atoms with Gasteiger partial charge in [-0.2, -0.15) is 0 Å². The molecule has 0 fully saturated rings. The van der Waals surface area contributed by atoms with E-state index in [4.69, 9.17) is 18.9 Å². The van der Waals surface area contributed by atoms with Gasteiger partial charge in [0, 0.05) is 77.2 Å². The van der Waals surface area contributed by atoms with E-state index in [9.17, 15) is 0 Å². The molecule has 70 heavy (non-hydrogen) atoms. The summed E-state index contributed by atoms with van der Waals surface area (Å²) < 4.78 is 31.4. The minimum absolute atomic E-state index is 0.0461. The Hall–Kier alpha value is -6.68. The van der Waals surface area contributed by atoms with Crippen molar-refractivity contribution in [2.24, 2.45) is 0 Å². The molecule has 6 nitrogen and oxygen atoms in total. The van der Waals surface area contributed by atoms with Crippen LogP contribution in [0.2, 0.25) is 0 Å². The predicted octanol–water partition coefficient (Wildman–Crippen LogP) is 14.8. The lowest BCUT2D eigenvalue weighted by Gasteiger charge is -2.43. The van der Waals surface area contributed by atoms with E-state index in [1.165, 1.54) is 74.6 Å². The van der Waals surface area contributed by atoms with Gasteiger partial charge in [0.05, 0.1) is 49.2 Å². The molecule has 0 bridgehead atoms. The lowest BCUT2D eigenvalue weighted by molar-refractivity contribution is 0.296. The Kier molecular flexibility index (Phi) is 10.0. The van der Waals surface area contributed by atoms with Crippen molar-refractivity contribution < 1.29 is 18.9 Å². The summed E-state index contributed by atoms with van der Waals surface area (Å²) in [5.41, 5.74) is 16.3. The number of benzene rings is 7. The molecule has 13 rings (SSSR count). The van der Waals surface area contributed by atoms with Crippen LogP contribution < -0.4 is 43.8 Å². The van der Waals surface area contributed by atoms with Gasteiger partial charge in [0.15, 0.2) is 23.0 Å². The highest BCUT2D eigenvalue weighted by Gasteiger charge is 2.48. The van der Waals surface area contributed by atoms with Crippen molar-refractivity contribution in [1.29, 1.82) is 0 Å². The van der Waals surface area contributed by atoms with E-state index in [2.05, 4.69) is 192 Å². The normalized spacial score (nSPS) is 15.1. The van der Waals surface area contributed by atoms with Gasteiger partial charge >= 0.3 is 0 Å². The minimum Gasteiger partial charge on any atom is -0.490 e. The van der Waals surface area contributed by atoms with Crippen molar-refractivity contribution in [3.8, 4) is 45.3 Å². The van der Waals surface area contributed by atoms with Crippen LogP contribution in [0.15, 0.2) is 133 Å². The maximum absolute atomic E-state index is 6.60. The number of fused-ring (bicyclic) bond motifs is 10. The SMILES string of the molecule is Cc1cc2c3c(c1)N(c1cc4c(cc1-c1ccccc1)OCCCO4)c1c(sc4ccc(C(C)(C)C)cc14)B3c1sc3ccc(C(C)(C)C)cc3c1N2c1cc2c(cc1-c1ccccc1)OCCCO2. The van der Waals surface area contributed by atoms with Crippen LogP contribution in [0.3, 0.4) is 0 Å². The van der Waals surface area contributed by atoms with Gasteiger partial charge in [-0.15, -0.1) is 22.7 Å². The fourth-order valence-electron chi connectivity index (χ4n) is 11.0. The number of ether oxygens (including phenoxy) is 4. The monoisotopic (exact) mass is 954 g/mol. The number of anilines is 6. The molecule has 0 saturated carbocycles. The zero-order valence-corrected chi connectivity index (χ0v) is 42.5. The Morgan fingerprint density at radius 3 is 1.26 bits per heavy atom. The first-order valence-corrected chi connectivity index (χ1v) is 26.4. The maximum atomic E-state index is 6.60. The first kappa shape index (κ1) is 43.4. The van der Waals surface area contributed by atoms with E-state index in [-0.39, 0.29) is 17.5 Å². The highest BCUT2D eigenvalue weighted by Crippen LogP contribution is 2.56. The number of hydrogen-bond donors (Lipinski definition) is 0. The van der Waals surface area contributed by atoms with Gasteiger partial charge < -0.3 is 28.7 Å². The number of thiophene rings is 2. The average Bonchev–Trinajstić information content (AvgIpc) is 3.70. The van der Waals surface area contributed by atoms with Crippen LogP contribution in [-0.2, 0) is 10.8 Å². The molecular weight excluding hydrogens is 900 g/mol. The van der Waals surface area contributed by atoms with Gasteiger partial charge in [-0.05, 0) is 99.6 Å². The van der Waals surface area contributed by atoms with Gasteiger partial charge in [0.2, 0.25) is 0 Å². The Bertz CT molecular complexity index is 3340. The van der Waals surface area contributed by atoms with E-state index in [0.29, 0.717) is 26.4 Å². The van der Waals surface area contributed by atoms with Crippen molar-refractivity contribution in [2.75, 3.05) is 36.2 Å². The molecule has 0 N–H and O–H groups in total. The van der Waals surface area contributed by atoms with Crippen LogP contribution >= 0.6 is 22.7 Å². The summed E-state index contributed by atoms with van der Waals surface area (Å²) in [6.45, 7) is 18.6. The van der Waals surface area contributed by atoms with Gasteiger partial charge in [0.25, 0.3) is 6.71 Å². The van der Waals surface area contributed by atoms with Crippen LogP contribution in [0.25, 0.3) is 42.4 Å². The van der Waals surface area contributed by atoms with Crippen molar-refractivity contribution >= 4 is 98.7 Å². The Morgan fingerprint density at radius 1 is 0.457 bits per heavy atom. The molecule has 0 atom stereocenters. The second kappa shape index (κ2) is 16.2. The second-order valence-corrected chi connectivity index (χ2v) is 23.5. The van der Waals surface area contributed by atoms with E-state index >= 15 is 0 Å². The van der Waals surface area contributed by atoms with Crippen molar-refractivity contribution in [1.82, 2.24) is 0 Å². The summed E-state index contributed by atoms with van der Waals surface area (Å²) in [5.74, 6) is 3.11. The fraction of sp³-hybridized carbons (Fsp3) is 0.246.